The third-order valence-corrected chi connectivity index (χ3v) is 6.33. The fraction of sp³-hybridized carbons (Fsp3) is 0.455. The van der Waals surface area contributed by atoms with E-state index in [9.17, 15) is 0 Å². The largest absolute Gasteiger partial charge is 0.493 e. The van der Waals surface area contributed by atoms with E-state index in [1.807, 2.05) is 6.07 Å². The van der Waals surface area contributed by atoms with Crippen LogP contribution in [0.3, 0.4) is 0 Å². The van der Waals surface area contributed by atoms with Gasteiger partial charge in [0.25, 0.3) is 0 Å². The average Bonchev–Trinajstić information content (AvgIpc) is 2.70. The lowest BCUT2D eigenvalue weighted by molar-refractivity contribution is -0.956. The van der Waals surface area contributed by atoms with Gasteiger partial charge in [0.1, 0.15) is 12.6 Å². The van der Waals surface area contributed by atoms with Gasteiger partial charge in [-0.05, 0) is 29.3 Å². The van der Waals surface area contributed by atoms with Gasteiger partial charge in [-0.1, -0.05) is 6.07 Å². The third kappa shape index (κ3) is 2.72. The molecular formula is C22H28NO4+. The van der Waals surface area contributed by atoms with Gasteiger partial charge in [-0.25, -0.2) is 0 Å². The molecule has 0 saturated carbocycles. The highest BCUT2D eigenvalue weighted by Gasteiger charge is 2.44. The molecule has 2 aliphatic rings. The number of benzene rings is 2. The number of quaternary nitrogens is 1. The second-order valence-corrected chi connectivity index (χ2v) is 7.68. The van der Waals surface area contributed by atoms with Crippen molar-refractivity contribution in [3.05, 3.63) is 46.5 Å². The van der Waals surface area contributed by atoms with Crippen molar-refractivity contribution < 1.29 is 23.4 Å². The van der Waals surface area contributed by atoms with Gasteiger partial charge in [0, 0.05) is 18.4 Å². The number of nitrogens with zero attached hydrogens (tertiary/aromatic N) is 1. The Kier molecular flexibility index (Phi) is 4.42. The summed E-state index contributed by atoms with van der Waals surface area (Å²) in [7, 11) is 9.18. The van der Waals surface area contributed by atoms with E-state index in [2.05, 4.69) is 25.2 Å². The standard InChI is InChI=1S/C22H28NO4/c1-23-9-8-15-11-20(25-3)21(26-4)12-16(15)18(23)10-14-6-7-19(24-2)22(27-5)17(14)13-23/h6-7,11-12,18H,8-10,13H2,1-5H3/q+1/t18?,23-/m1/s1. The molecule has 2 heterocycles. The fourth-order valence-corrected chi connectivity index (χ4v) is 4.82. The summed E-state index contributed by atoms with van der Waals surface area (Å²) >= 11 is 0. The molecule has 0 spiro atoms. The Morgan fingerprint density at radius 2 is 1.56 bits per heavy atom. The molecule has 0 bridgehead atoms. The maximum Gasteiger partial charge on any atom is 0.169 e. The van der Waals surface area contributed by atoms with Crippen LogP contribution in [0.1, 0.15) is 28.3 Å². The minimum Gasteiger partial charge on any atom is -0.493 e. The van der Waals surface area contributed by atoms with Crippen molar-refractivity contribution in [3.8, 4) is 23.0 Å². The highest BCUT2D eigenvalue weighted by molar-refractivity contribution is 5.53. The Morgan fingerprint density at radius 3 is 2.22 bits per heavy atom. The Balaban J connectivity index is 1.82. The topological polar surface area (TPSA) is 36.9 Å². The molecule has 27 heavy (non-hydrogen) atoms. The van der Waals surface area contributed by atoms with Crippen LogP contribution in [0, 0.1) is 0 Å². The number of ether oxygens (including phenoxy) is 4. The molecule has 4 rings (SSSR count). The van der Waals surface area contributed by atoms with Gasteiger partial charge in [-0.15, -0.1) is 0 Å². The van der Waals surface area contributed by atoms with Gasteiger partial charge in [0.15, 0.2) is 23.0 Å². The van der Waals surface area contributed by atoms with Crippen molar-refractivity contribution in [1.29, 1.82) is 0 Å². The Hall–Kier alpha value is -2.40. The van der Waals surface area contributed by atoms with E-state index >= 15 is 0 Å². The van der Waals surface area contributed by atoms with Crippen LogP contribution in [0.15, 0.2) is 24.3 Å². The normalized spacial score (nSPS) is 22.9. The molecule has 2 atom stereocenters. The van der Waals surface area contributed by atoms with E-state index in [0.29, 0.717) is 6.04 Å². The molecule has 0 N–H and O–H groups in total. The highest BCUT2D eigenvalue weighted by atomic mass is 16.5. The summed E-state index contributed by atoms with van der Waals surface area (Å²) in [4.78, 5) is 0. The first-order valence-corrected chi connectivity index (χ1v) is 9.36. The summed E-state index contributed by atoms with van der Waals surface area (Å²) in [6.45, 7) is 2.03. The molecule has 144 valence electrons. The second-order valence-electron chi connectivity index (χ2n) is 7.68. The molecule has 2 aromatic carbocycles. The number of hydrogen-bond acceptors (Lipinski definition) is 4. The summed E-state index contributed by atoms with van der Waals surface area (Å²) < 4.78 is 23.3. The van der Waals surface area contributed by atoms with Crippen LogP contribution < -0.4 is 18.9 Å². The SMILES string of the molecule is COc1cc2c(cc1OC)C1Cc3ccc(OC)c(OC)c3C[N@@+]1(C)CC2. The van der Waals surface area contributed by atoms with Crippen LogP contribution >= 0.6 is 0 Å². The van der Waals surface area contributed by atoms with E-state index in [4.69, 9.17) is 18.9 Å². The molecule has 5 nitrogen and oxygen atoms in total. The zero-order chi connectivity index (χ0) is 19.2. The predicted octanol–water partition coefficient (Wildman–Crippen LogP) is 3.52. The maximum absolute atomic E-state index is 5.72. The van der Waals surface area contributed by atoms with Gasteiger partial charge in [-0.2, -0.15) is 0 Å². The first-order valence-electron chi connectivity index (χ1n) is 9.36. The lowest BCUT2D eigenvalue weighted by atomic mass is 9.81. The van der Waals surface area contributed by atoms with Crippen molar-refractivity contribution in [2.45, 2.75) is 25.4 Å². The molecule has 5 heteroatoms. The van der Waals surface area contributed by atoms with Crippen LogP contribution in [0.5, 0.6) is 23.0 Å². The monoisotopic (exact) mass is 370 g/mol. The number of methoxy groups -OCH3 is 4. The Labute approximate surface area is 161 Å². The van der Waals surface area contributed by atoms with Crippen molar-refractivity contribution in [3.63, 3.8) is 0 Å². The van der Waals surface area contributed by atoms with Crippen molar-refractivity contribution in [2.24, 2.45) is 0 Å². The van der Waals surface area contributed by atoms with E-state index in [1.54, 1.807) is 28.4 Å². The molecule has 2 aliphatic heterocycles. The summed E-state index contributed by atoms with van der Waals surface area (Å²) in [5.41, 5.74) is 5.37. The van der Waals surface area contributed by atoms with Crippen molar-refractivity contribution in [2.75, 3.05) is 42.0 Å². The van der Waals surface area contributed by atoms with Crippen molar-refractivity contribution >= 4 is 0 Å². The number of rotatable bonds is 4. The Morgan fingerprint density at radius 1 is 0.852 bits per heavy atom. The van der Waals surface area contributed by atoms with Gasteiger partial charge in [-0.3, -0.25) is 0 Å². The fourth-order valence-electron chi connectivity index (χ4n) is 4.82. The Bertz CT molecular complexity index is 879. The smallest absolute Gasteiger partial charge is 0.169 e. The predicted molar refractivity (Wildman–Crippen MR) is 104 cm³/mol. The van der Waals surface area contributed by atoms with Gasteiger partial charge < -0.3 is 23.4 Å². The van der Waals surface area contributed by atoms with Gasteiger partial charge >= 0.3 is 0 Å². The number of hydrogen-bond donors (Lipinski definition) is 0. The molecular weight excluding hydrogens is 342 g/mol. The van der Waals surface area contributed by atoms with E-state index in [-0.39, 0.29) is 0 Å². The van der Waals surface area contributed by atoms with Crippen LogP contribution in [-0.4, -0.2) is 46.5 Å². The second kappa shape index (κ2) is 6.64. The van der Waals surface area contributed by atoms with Crippen LogP contribution in [0.2, 0.25) is 0 Å². The minimum absolute atomic E-state index is 0.402. The summed E-state index contributed by atoms with van der Waals surface area (Å²) in [5.74, 6) is 3.31. The molecule has 1 unspecified atom stereocenters. The third-order valence-electron chi connectivity index (χ3n) is 6.33. The summed E-state index contributed by atoms with van der Waals surface area (Å²) in [6.07, 6.45) is 2.01. The quantitative estimate of drug-likeness (QED) is 0.772. The first-order chi connectivity index (χ1) is 13.0. The summed E-state index contributed by atoms with van der Waals surface area (Å²) in [6, 6.07) is 8.95. The van der Waals surface area contributed by atoms with Crippen LogP contribution in [0.25, 0.3) is 0 Å². The maximum atomic E-state index is 5.72. The van der Waals surface area contributed by atoms with Gasteiger partial charge in [0.05, 0.1) is 47.6 Å². The molecule has 0 aliphatic carbocycles. The average molecular weight is 370 g/mol. The molecule has 2 aromatic rings. The zero-order valence-corrected chi connectivity index (χ0v) is 16.8. The van der Waals surface area contributed by atoms with E-state index in [0.717, 1.165) is 53.4 Å². The van der Waals surface area contributed by atoms with Crippen LogP contribution in [-0.2, 0) is 19.4 Å². The van der Waals surface area contributed by atoms with Gasteiger partial charge in [0.2, 0.25) is 0 Å². The van der Waals surface area contributed by atoms with E-state index < -0.39 is 0 Å². The lowest BCUT2D eigenvalue weighted by Gasteiger charge is -2.49. The van der Waals surface area contributed by atoms with Crippen molar-refractivity contribution in [1.82, 2.24) is 0 Å². The lowest BCUT2D eigenvalue weighted by Crippen LogP contribution is -2.53. The molecule has 0 fully saturated rings. The van der Waals surface area contributed by atoms with E-state index in [1.165, 1.54) is 22.3 Å². The molecule has 0 radical (unpaired) electrons. The number of fused-ring (bicyclic) bond motifs is 4. The first kappa shape index (κ1) is 18.0. The minimum atomic E-state index is 0.402. The van der Waals surface area contributed by atoms with Crippen LogP contribution in [0.4, 0.5) is 0 Å². The number of likely N-dealkylation sites (N-methyl/N-ethyl adjacent to an activating group) is 1. The molecule has 0 aromatic heterocycles. The zero-order valence-electron chi connectivity index (χ0n) is 16.8. The summed E-state index contributed by atoms with van der Waals surface area (Å²) in [5, 5.41) is 0. The molecule has 0 saturated heterocycles. The molecule has 0 amide bonds. The highest BCUT2D eigenvalue weighted by Crippen LogP contribution is 2.48.